The van der Waals surface area contributed by atoms with Gasteiger partial charge in [0.15, 0.2) is 0 Å². The average Bonchev–Trinajstić information content (AvgIpc) is 2.56. The first kappa shape index (κ1) is 22.8. The lowest BCUT2D eigenvalue weighted by Gasteiger charge is -2.32. The Morgan fingerprint density at radius 2 is 1.96 bits per heavy atom. The van der Waals surface area contributed by atoms with E-state index in [-0.39, 0.29) is 16.9 Å². The van der Waals surface area contributed by atoms with Crippen LogP contribution in [0.15, 0.2) is 15.8 Å². The van der Waals surface area contributed by atoms with E-state index in [2.05, 4.69) is 4.74 Å². The van der Waals surface area contributed by atoms with Crippen LogP contribution in [0.1, 0.15) is 6.23 Å². The van der Waals surface area contributed by atoms with E-state index < -0.39 is 54.4 Å². The van der Waals surface area contributed by atoms with Crippen molar-refractivity contribution in [2.75, 3.05) is 6.16 Å². The molecule has 1 aromatic heterocycles. The summed E-state index contributed by atoms with van der Waals surface area (Å²) >= 11 is 5.43. The van der Waals surface area contributed by atoms with Crippen LogP contribution in [0.25, 0.3) is 0 Å². The maximum Gasteiger partial charge on any atom is 0.330 e. The number of nitrogens with zero attached hydrogens (tertiary/aromatic N) is 1. The topological polar surface area (TPSA) is 221 Å². The quantitative estimate of drug-likeness (QED) is 0.454. The van der Waals surface area contributed by atoms with Crippen LogP contribution in [0.5, 0.6) is 0 Å². The summed E-state index contributed by atoms with van der Waals surface area (Å²) in [5.41, 5.74) is -2.33. The van der Waals surface area contributed by atoms with E-state index in [9.17, 15) is 37.8 Å². The lowest BCUT2D eigenvalue weighted by molar-refractivity contribution is -0.315. The van der Waals surface area contributed by atoms with Crippen LogP contribution in [0.3, 0.4) is 0 Å². The molecule has 1 saturated heterocycles. The van der Waals surface area contributed by atoms with Crippen molar-refractivity contribution in [3.63, 3.8) is 0 Å². The molecule has 1 fully saturated rings. The fourth-order valence-electron chi connectivity index (χ4n) is 1.97. The van der Waals surface area contributed by atoms with Crippen molar-refractivity contribution in [2.45, 2.75) is 24.4 Å². The summed E-state index contributed by atoms with van der Waals surface area (Å²) in [4.78, 5) is 45.6. The molecule has 1 aliphatic heterocycles. The van der Waals surface area contributed by atoms with Gasteiger partial charge in [0.2, 0.25) is 6.23 Å². The molecular formula is C9H16ClF2N4O7P. The molecule has 2 rings (SSSR count). The number of H-pyrrole nitrogens is 1. The minimum Gasteiger partial charge on any atom is -0.811 e. The molecular weight excluding hydrogens is 381 g/mol. The maximum atomic E-state index is 14.0. The minimum atomic E-state index is -5.25. The molecule has 3 atom stereocenters. The number of hydrogen-bond donors (Lipinski definition) is 4. The van der Waals surface area contributed by atoms with E-state index in [1.807, 2.05) is 0 Å². The van der Waals surface area contributed by atoms with Gasteiger partial charge in [-0.1, -0.05) is 19.2 Å². The zero-order valence-corrected chi connectivity index (χ0v) is 14.1. The highest BCUT2D eigenvalue weighted by molar-refractivity contribution is 7.48. The van der Waals surface area contributed by atoms with Crippen molar-refractivity contribution >= 4 is 19.2 Å². The standard InChI is InChI=1S/C9H10ClF2N2O7P.2H3N/c10-3-1-14(8(17)13-6(3)16)7-9(11,12)5(15)4(21-7)2-22(18,19)20;;/h1,4-5,7,15H,2H2,(H,13,16,17)(H2,18,19,20);2*1H3/t4-,5-,7-;;/m1../s1. The zero-order chi connectivity index (χ0) is 16.9. The van der Waals surface area contributed by atoms with Gasteiger partial charge in [-0.05, 0) is 0 Å². The number of aromatic nitrogens is 2. The van der Waals surface area contributed by atoms with E-state index in [0.717, 1.165) is 0 Å². The third-order valence-corrected chi connectivity index (χ3v) is 4.04. The monoisotopic (exact) mass is 396 g/mol. The second kappa shape index (κ2) is 7.37. The molecule has 0 aliphatic carbocycles. The molecule has 15 heteroatoms. The molecule has 0 spiro atoms. The van der Waals surface area contributed by atoms with Gasteiger partial charge in [0, 0.05) is 12.4 Å². The second-order valence-corrected chi connectivity index (χ2v) is 6.58. The van der Waals surface area contributed by atoms with Gasteiger partial charge < -0.3 is 36.5 Å². The molecule has 0 saturated carbocycles. The molecule has 1 aromatic rings. The van der Waals surface area contributed by atoms with Gasteiger partial charge in [0.1, 0.15) is 11.1 Å². The Balaban J connectivity index is 0.00000264. The molecule has 0 radical (unpaired) electrons. The van der Waals surface area contributed by atoms with E-state index in [4.69, 9.17) is 11.6 Å². The van der Waals surface area contributed by atoms with Gasteiger partial charge in [-0.3, -0.25) is 14.3 Å². The number of nitrogens with one attached hydrogen (secondary N) is 1. The van der Waals surface area contributed by atoms with Gasteiger partial charge in [-0.15, -0.1) is 0 Å². The van der Waals surface area contributed by atoms with Crippen LogP contribution >= 0.6 is 19.2 Å². The minimum absolute atomic E-state index is 0. The Morgan fingerprint density at radius 1 is 1.42 bits per heavy atom. The Morgan fingerprint density at radius 3 is 2.46 bits per heavy atom. The van der Waals surface area contributed by atoms with Crippen LogP contribution in [-0.4, -0.2) is 38.9 Å². The zero-order valence-electron chi connectivity index (χ0n) is 12.4. The van der Waals surface area contributed by atoms with Crippen molar-refractivity contribution in [3.8, 4) is 0 Å². The fraction of sp³-hybridized carbons (Fsp3) is 0.556. The Kier molecular flexibility index (Phi) is 7.01. The molecule has 24 heavy (non-hydrogen) atoms. The fourth-order valence-corrected chi connectivity index (χ4v) is 2.85. The van der Waals surface area contributed by atoms with Crippen molar-refractivity contribution in [1.29, 1.82) is 0 Å². The van der Waals surface area contributed by atoms with Crippen LogP contribution in [-0.2, 0) is 9.30 Å². The van der Waals surface area contributed by atoms with Crippen LogP contribution in [0.4, 0.5) is 8.78 Å². The molecule has 1 aliphatic rings. The summed E-state index contributed by atoms with van der Waals surface area (Å²) in [5, 5.41) is 8.83. The highest BCUT2D eigenvalue weighted by Crippen LogP contribution is 2.44. The van der Waals surface area contributed by atoms with E-state index in [1.54, 1.807) is 4.98 Å². The smallest absolute Gasteiger partial charge is 0.330 e. The van der Waals surface area contributed by atoms with Gasteiger partial charge in [-0.25, -0.2) is 4.79 Å². The van der Waals surface area contributed by atoms with Crippen molar-refractivity contribution < 1.29 is 33.0 Å². The highest BCUT2D eigenvalue weighted by Gasteiger charge is 2.59. The van der Waals surface area contributed by atoms with Crippen molar-refractivity contribution in [3.05, 3.63) is 32.1 Å². The molecule has 140 valence electrons. The maximum absolute atomic E-state index is 14.0. The molecule has 0 unspecified atom stereocenters. The number of aliphatic hydroxyl groups is 1. The lowest BCUT2D eigenvalue weighted by Crippen LogP contribution is -2.43. The van der Waals surface area contributed by atoms with Crippen molar-refractivity contribution in [2.24, 2.45) is 0 Å². The van der Waals surface area contributed by atoms with Crippen LogP contribution < -0.4 is 33.3 Å². The molecule has 10 N–H and O–H groups in total. The van der Waals surface area contributed by atoms with E-state index in [1.165, 1.54) is 0 Å². The second-order valence-electron chi connectivity index (χ2n) is 4.58. The molecule has 0 amide bonds. The number of quaternary nitrogens is 2. The normalized spacial score (nSPS) is 25.7. The summed E-state index contributed by atoms with van der Waals surface area (Å²) in [6.45, 7) is 0. The number of halogens is 3. The number of rotatable bonds is 3. The molecule has 0 bridgehead atoms. The summed E-state index contributed by atoms with van der Waals surface area (Å²) in [5.74, 6) is -4.09. The van der Waals surface area contributed by atoms with Gasteiger partial charge >= 0.3 is 11.6 Å². The molecule has 2 heterocycles. The Labute approximate surface area is 137 Å². The third-order valence-electron chi connectivity index (χ3n) is 2.96. The number of ether oxygens (including phenoxy) is 1. The Bertz CT molecular complexity index is 750. The van der Waals surface area contributed by atoms with Crippen molar-refractivity contribution in [1.82, 2.24) is 21.9 Å². The largest absolute Gasteiger partial charge is 0.811 e. The molecule has 0 aromatic carbocycles. The predicted molar refractivity (Wildman–Crippen MR) is 75.6 cm³/mol. The van der Waals surface area contributed by atoms with Gasteiger partial charge in [-0.2, -0.15) is 8.78 Å². The molecule has 11 nitrogen and oxygen atoms in total. The first-order valence-electron chi connectivity index (χ1n) is 5.67. The number of aromatic amines is 1. The lowest BCUT2D eigenvalue weighted by atomic mass is 10.1. The van der Waals surface area contributed by atoms with Gasteiger partial charge in [0.05, 0.1) is 6.10 Å². The first-order chi connectivity index (χ1) is 9.93. The summed E-state index contributed by atoms with van der Waals surface area (Å²) in [6, 6.07) is 0. The number of hydrogen-bond acceptors (Lipinski definition) is 7. The highest BCUT2D eigenvalue weighted by atomic mass is 35.5. The van der Waals surface area contributed by atoms with Crippen LogP contribution in [0, 0.1) is 0 Å². The third kappa shape index (κ3) is 4.26. The summed E-state index contributed by atoms with van der Waals surface area (Å²) in [7, 11) is -5.25. The average molecular weight is 397 g/mol. The SMILES string of the molecule is O=c1[nH]c(=O)n([C@@H]2O[C@H](CP(=O)([O-])[O-])[C@@H](O)C2(F)F)cc1Cl.[NH4+].[NH4+]. The predicted octanol–water partition coefficient (Wildman–Crippen LogP) is -1.25. The summed E-state index contributed by atoms with van der Waals surface area (Å²) in [6.07, 6.45) is -7.91. The Hall–Kier alpha value is -1.18. The van der Waals surface area contributed by atoms with E-state index >= 15 is 0 Å². The number of aliphatic hydroxyl groups excluding tert-OH is 1. The summed E-state index contributed by atoms with van der Waals surface area (Å²) < 4.78 is 43.4. The first-order valence-corrected chi connectivity index (χ1v) is 7.77. The number of alkyl halides is 2. The van der Waals surface area contributed by atoms with Gasteiger partial charge in [0.25, 0.3) is 5.56 Å². The van der Waals surface area contributed by atoms with E-state index in [0.29, 0.717) is 6.20 Å². The van der Waals surface area contributed by atoms with Crippen LogP contribution in [0.2, 0.25) is 5.02 Å².